The number of piperidine rings is 1. The first-order valence-electron chi connectivity index (χ1n) is 9.37. The molecule has 0 spiro atoms. The van der Waals surface area contributed by atoms with Crippen LogP contribution >= 0.6 is 0 Å². The minimum Gasteiger partial charge on any atom is -0.379 e. The van der Waals surface area contributed by atoms with E-state index in [2.05, 4.69) is 14.9 Å². The van der Waals surface area contributed by atoms with E-state index in [0.717, 1.165) is 32.1 Å². The van der Waals surface area contributed by atoms with Crippen molar-refractivity contribution in [3.8, 4) is 0 Å². The predicted octanol–water partition coefficient (Wildman–Crippen LogP) is 2.96. The van der Waals surface area contributed by atoms with Gasteiger partial charge in [0, 0.05) is 18.2 Å². The zero-order chi connectivity index (χ0) is 20.1. The number of nitro groups is 1. The quantitative estimate of drug-likeness (QED) is 0.396. The highest BCUT2D eigenvalue weighted by molar-refractivity contribution is 7.89. The number of benzene rings is 1. The Morgan fingerprint density at radius 1 is 1.19 bits per heavy atom. The molecule has 1 saturated heterocycles. The molecule has 0 radical (unpaired) electrons. The van der Waals surface area contributed by atoms with E-state index in [-0.39, 0.29) is 10.6 Å². The fraction of sp³-hybridized carbons (Fsp3) is 0.667. The molecule has 1 fully saturated rings. The number of hydrogen-bond acceptors (Lipinski definition) is 6. The normalized spacial score (nSPS) is 16.3. The van der Waals surface area contributed by atoms with Gasteiger partial charge in [-0.15, -0.1) is 0 Å². The monoisotopic (exact) mass is 398 g/mol. The molecule has 1 aromatic rings. The number of likely N-dealkylation sites (tertiary alicyclic amines) is 1. The van der Waals surface area contributed by atoms with Crippen LogP contribution in [-0.2, 0) is 10.0 Å². The Labute approximate surface area is 161 Å². The van der Waals surface area contributed by atoms with Gasteiger partial charge in [0.05, 0.1) is 9.82 Å². The topological polar surface area (TPSA) is 105 Å². The molecule has 8 nitrogen and oxygen atoms in total. The maximum absolute atomic E-state index is 12.4. The molecule has 0 unspecified atom stereocenters. The van der Waals surface area contributed by atoms with Crippen LogP contribution in [-0.4, -0.2) is 50.0 Å². The van der Waals surface area contributed by atoms with E-state index >= 15 is 0 Å². The molecular formula is C18H30N4O4S. The summed E-state index contributed by atoms with van der Waals surface area (Å²) in [4.78, 5) is 13.2. The maximum Gasteiger partial charge on any atom is 0.293 e. The van der Waals surface area contributed by atoms with Gasteiger partial charge in [-0.3, -0.25) is 10.1 Å². The average molecular weight is 399 g/mol. The highest BCUT2D eigenvalue weighted by atomic mass is 32.2. The summed E-state index contributed by atoms with van der Waals surface area (Å²) in [6, 6.07) is 3.98. The second-order valence-electron chi connectivity index (χ2n) is 7.97. The molecule has 9 heteroatoms. The minimum absolute atomic E-state index is 0.108. The summed E-state index contributed by atoms with van der Waals surface area (Å²) in [6.45, 7) is 8.96. The van der Waals surface area contributed by atoms with Crippen LogP contribution < -0.4 is 10.0 Å². The number of anilines is 1. The third-order valence-corrected chi connectivity index (χ3v) is 6.09. The first kappa shape index (κ1) is 21.6. The van der Waals surface area contributed by atoms with E-state index < -0.39 is 20.5 Å². The fourth-order valence-corrected chi connectivity index (χ4v) is 4.59. The number of hydrogen-bond donors (Lipinski definition) is 2. The van der Waals surface area contributed by atoms with Gasteiger partial charge in [-0.1, -0.05) is 6.42 Å². The molecule has 0 bridgehead atoms. The van der Waals surface area contributed by atoms with Gasteiger partial charge in [0.15, 0.2) is 0 Å². The van der Waals surface area contributed by atoms with Gasteiger partial charge in [-0.2, -0.15) is 0 Å². The molecule has 1 heterocycles. The van der Waals surface area contributed by atoms with Crippen LogP contribution in [0.3, 0.4) is 0 Å². The van der Waals surface area contributed by atoms with Crippen LogP contribution in [0.4, 0.5) is 11.4 Å². The zero-order valence-electron chi connectivity index (χ0n) is 16.3. The summed E-state index contributed by atoms with van der Waals surface area (Å²) >= 11 is 0. The molecule has 0 saturated carbocycles. The molecule has 0 aromatic heterocycles. The van der Waals surface area contributed by atoms with Crippen LogP contribution in [0.15, 0.2) is 23.1 Å². The van der Waals surface area contributed by atoms with Crippen molar-refractivity contribution >= 4 is 21.4 Å². The lowest BCUT2D eigenvalue weighted by Crippen LogP contribution is -2.40. The third-order valence-electron chi connectivity index (χ3n) is 4.33. The molecule has 1 aliphatic rings. The minimum atomic E-state index is -3.82. The van der Waals surface area contributed by atoms with Crippen molar-refractivity contribution in [2.24, 2.45) is 0 Å². The summed E-state index contributed by atoms with van der Waals surface area (Å²) in [6.07, 6.45) is 4.64. The lowest BCUT2D eigenvalue weighted by Gasteiger charge is -2.26. The second-order valence-corrected chi connectivity index (χ2v) is 9.66. The van der Waals surface area contributed by atoms with E-state index in [4.69, 9.17) is 0 Å². The maximum atomic E-state index is 12.4. The smallest absolute Gasteiger partial charge is 0.293 e. The van der Waals surface area contributed by atoms with Gasteiger partial charge in [-0.05, 0) is 71.8 Å². The molecule has 2 N–H and O–H groups in total. The number of nitro benzene ring substituents is 1. The Bertz CT molecular complexity index is 753. The molecule has 1 aliphatic heterocycles. The third kappa shape index (κ3) is 6.75. The summed E-state index contributed by atoms with van der Waals surface area (Å²) in [5.41, 5.74) is -0.558. The molecular weight excluding hydrogens is 368 g/mol. The van der Waals surface area contributed by atoms with E-state index in [0.29, 0.717) is 12.2 Å². The molecule has 0 atom stereocenters. The zero-order valence-corrected chi connectivity index (χ0v) is 17.1. The van der Waals surface area contributed by atoms with Crippen LogP contribution in [0.1, 0.15) is 46.5 Å². The Hall–Kier alpha value is -1.71. The van der Waals surface area contributed by atoms with E-state index in [9.17, 15) is 18.5 Å². The molecule has 0 aliphatic carbocycles. The number of sulfonamides is 1. The number of nitrogens with zero attached hydrogens (tertiary/aromatic N) is 2. The van der Waals surface area contributed by atoms with Crippen molar-refractivity contribution < 1.29 is 13.3 Å². The van der Waals surface area contributed by atoms with Crippen LogP contribution in [0.25, 0.3) is 0 Å². The van der Waals surface area contributed by atoms with Crippen molar-refractivity contribution in [3.05, 3.63) is 28.3 Å². The number of rotatable bonds is 8. The van der Waals surface area contributed by atoms with Crippen LogP contribution in [0.5, 0.6) is 0 Å². The van der Waals surface area contributed by atoms with Crippen molar-refractivity contribution in [2.75, 3.05) is 31.5 Å². The van der Waals surface area contributed by atoms with Crippen molar-refractivity contribution in [2.45, 2.75) is 56.9 Å². The molecule has 27 heavy (non-hydrogen) atoms. The molecule has 0 amide bonds. The predicted molar refractivity (Wildman–Crippen MR) is 107 cm³/mol. The van der Waals surface area contributed by atoms with Gasteiger partial charge in [0.2, 0.25) is 10.0 Å². The van der Waals surface area contributed by atoms with Gasteiger partial charge in [0.25, 0.3) is 5.69 Å². The van der Waals surface area contributed by atoms with Crippen LogP contribution in [0.2, 0.25) is 0 Å². The Morgan fingerprint density at radius 2 is 1.85 bits per heavy atom. The SMILES string of the molecule is CC(C)(C)NS(=O)(=O)c1ccc(NCCCN2CCCCC2)c([N+](=O)[O-])c1. The fourth-order valence-electron chi connectivity index (χ4n) is 3.15. The molecule has 1 aromatic carbocycles. The lowest BCUT2D eigenvalue weighted by atomic mass is 10.1. The van der Waals surface area contributed by atoms with Gasteiger partial charge in [0.1, 0.15) is 5.69 Å². The Kier molecular flexibility index (Phi) is 7.19. The summed E-state index contributed by atoms with van der Waals surface area (Å²) in [5.74, 6) is 0. The van der Waals surface area contributed by atoms with E-state index in [1.165, 1.54) is 31.4 Å². The van der Waals surface area contributed by atoms with Gasteiger partial charge in [-0.25, -0.2) is 13.1 Å². The van der Waals surface area contributed by atoms with Crippen molar-refractivity contribution in [1.29, 1.82) is 0 Å². The standard InChI is InChI=1S/C18H30N4O4S/c1-18(2,3)20-27(25,26)15-8-9-16(17(14-15)22(23)24)19-10-7-13-21-11-5-4-6-12-21/h8-9,14,19-20H,4-7,10-13H2,1-3H3. The first-order valence-corrected chi connectivity index (χ1v) is 10.9. The second kappa shape index (κ2) is 8.99. The Balaban J connectivity index is 2.03. The average Bonchev–Trinajstić information content (AvgIpc) is 2.57. The molecule has 2 rings (SSSR count). The summed E-state index contributed by atoms with van der Waals surface area (Å²) in [7, 11) is -3.82. The summed E-state index contributed by atoms with van der Waals surface area (Å²) in [5, 5.41) is 14.5. The van der Waals surface area contributed by atoms with Gasteiger partial charge >= 0.3 is 0 Å². The van der Waals surface area contributed by atoms with Crippen molar-refractivity contribution in [3.63, 3.8) is 0 Å². The number of nitrogens with one attached hydrogen (secondary N) is 2. The van der Waals surface area contributed by atoms with Gasteiger partial charge < -0.3 is 10.2 Å². The van der Waals surface area contributed by atoms with Crippen molar-refractivity contribution in [1.82, 2.24) is 9.62 Å². The largest absolute Gasteiger partial charge is 0.379 e. The highest BCUT2D eigenvalue weighted by Gasteiger charge is 2.25. The summed E-state index contributed by atoms with van der Waals surface area (Å²) < 4.78 is 27.3. The molecule has 152 valence electrons. The van der Waals surface area contributed by atoms with E-state index in [1.54, 1.807) is 20.8 Å². The Morgan fingerprint density at radius 3 is 2.44 bits per heavy atom. The lowest BCUT2D eigenvalue weighted by molar-refractivity contribution is -0.384. The highest BCUT2D eigenvalue weighted by Crippen LogP contribution is 2.28. The first-order chi connectivity index (χ1) is 12.6. The van der Waals surface area contributed by atoms with E-state index in [1.807, 2.05) is 0 Å². The van der Waals surface area contributed by atoms with Crippen LogP contribution in [0, 0.1) is 10.1 Å².